The van der Waals surface area contributed by atoms with E-state index in [1.54, 1.807) is 0 Å². The second kappa shape index (κ2) is 5.96. The molecule has 1 aromatic carbocycles. The fourth-order valence-corrected chi connectivity index (χ4v) is 2.61. The van der Waals surface area contributed by atoms with Crippen molar-refractivity contribution < 1.29 is 9.90 Å². The van der Waals surface area contributed by atoms with Gasteiger partial charge in [0.25, 0.3) is 0 Å². The lowest BCUT2D eigenvalue weighted by Gasteiger charge is -2.03. The van der Waals surface area contributed by atoms with Crippen molar-refractivity contribution in [3.63, 3.8) is 0 Å². The Morgan fingerprint density at radius 3 is 2.89 bits per heavy atom. The van der Waals surface area contributed by atoms with Gasteiger partial charge in [0.05, 0.1) is 6.42 Å². The minimum Gasteiger partial charge on any atom is -0.481 e. The number of aryl methyl sites for hydroxylation is 1. The number of carboxylic acids is 1. The largest absolute Gasteiger partial charge is 0.481 e. The van der Waals surface area contributed by atoms with E-state index in [1.807, 2.05) is 36.2 Å². The van der Waals surface area contributed by atoms with E-state index in [4.69, 9.17) is 5.11 Å². The van der Waals surface area contributed by atoms with Crippen LogP contribution in [0, 0.1) is 0 Å². The minimum absolute atomic E-state index is 0.0933. The second-order valence-electron chi connectivity index (χ2n) is 4.28. The van der Waals surface area contributed by atoms with Gasteiger partial charge in [-0.25, -0.2) is 0 Å². The number of hydrogen-bond acceptors (Lipinski definition) is 2. The van der Waals surface area contributed by atoms with E-state index in [0.717, 1.165) is 35.2 Å². The van der Waals surface area contributed by atoms with Crippen molar-refractivity contribution in [3.05, 3.63) is 36.0 Å². The Balaban J connectivity index is 2.31. The molecule has 2 rings (SSSR count). The molecule has 1 aromatic heterocycles. The smallest absolute Gasteiger partial charge is 0.307 e. The molecule has 0 unspecified atom stereocenters. The van der Waals surface area contributed by atoms with Crippen LogP contribution in [0.2, 0.25) is 0 Å². The van der Waals surface area contributed by atoms with Gasteiger partial charge in [0.1, 0.15) is 0 Å². The van der Waals surface area contributed by atoms with Crippen LogP contribution in [0.1, 0.15) is 12.0 Å². The lowest BCUT2D eigenvalue weighted by Crippen LogP contribution is -2.00. The lowest BCUT2D eigenvalue weighted by molar-refractivity contribution is -0.136. The van der Waals surface area contributed by atoms with Crippen molar-refractivity contribution in [2.75, 3.05) is 12.0 Å². The van der Waals surface area contributed by atoms with E-state index in [2.05, 4.69) is 16.9 Å². The molecule has 0 amide bonds. The van der Waals surface area contributed by atoms with Crippen LogP contribution < -0.4 is 0 Å². The van der Waals surface area contributed by atoms with Gasteiger partial charge in [-0.1, -0.05) is 18.2 Å². The topological polar surface area (TPSA) is 42.2 Å². The summed E-state index contributed by atoms with van der Waals surface area (Å²) in [5.74, 6) is 0.350. The van der Waals surface area contributed by atoms with Gasteiger partial charge in [0.15, 0.2) is 0 Å². The number of carboxylic acid groups (broad SMARTS) is 1. The normalized spacial score (nSPS) is 10.9. The summed E-state index contributed by atoms with van der Waals surface area (Å²) in [5, 5.41) is 10.00. The second-order valence-corrected chi connectivity index (χ2v) is 5.27. The number of hydrogen-bond donors (Lipinski definition) is 1. The number of thioether (sulfide) groups is 1. The minimum atomic E-state index is -0.776. The molecule has 0 atom stereocenters. The van der Waals surface area contributed by atoms with Gasteiger partial charge >= 0.3 is 5.97 Å². The third kappa shape index (κ3) is 2.88. The average Bonchev–Trinajstić information content (AvgIpc) is 2.68. The van der Waals surface area contributed by atoms with Gasteiger partial charge in [-0.05, 0) is 30.1 Å². The summed E-state index contributed by atoms with van der Waals surface area (Å²) in [6.45, 7) is 0.945. The van der Waals surface area contributed by atoms with E-state index in [0.29, 0.717) is 0 Å². The maximum atomic E-state index is 10.9. The maximum absolute atomic E-state index is 10.9. The van der Waals surface area contributed by atoms with Crippen molar-refractivity contribution in [3.8, 4) is 0 Å². The predicted molar refractivity (Wildman–Crippen MR) is 76.3 cm³/mol. The Labute approximate surface area is 111 Å². The number of para-hydroxylation sites is 1. The van der Waals surface area contributed by atoms with Gasteiger partial charge in [-0.2, -0.15) is 11.8 Å². The highest BCUT2D eigenvalue weighted by molar-refractivity contribution is 7.98. The highest BCUT2D eigenvalue weighted by Gasteiger charge is 2.10. The summed E-state index contributed by atoms with van der Waals surface area (Å²) in [6.07, 6.45) is 5.28. The summed E-state index contributed by atoms with van der Waals surface area (Å²) >= 11 is 1.84. The Morgan fingerprint density at radius 1 is 1.39 bits per heavy atom. The molecule has 1 heterocycles. The Kier molecular flexibility index (Phi) is 4.31. The van der Waals surface area contributed by atoms with Crippen molar-refractivity contribution in [2.45, 2.75) is 19.4 Å². The third-order valence-electron chi connectivity index (χ3n) is 2.96. The number of nitrogens with zero attached hydrogens (tertiary/aromatic N) is 1. The summed E-state index contributed by atoms with van der Waals surface area (Å²) in [5.41, 5.74) is 2.04. The molecule has 4 heteroatoms. The van der Waals surface area contributed by atoms with Crippen LogP contribution in [-0.2, 0) is 17.8 Å². The molecule has 0 spiro atoms. The number of fused-ring (bicyclic) bond motifs is 1. The fourth-order valence-electron chi connectivity index (χ4n) is 2.19. The lowest BCUT2D eigenvalue weighted by atomic mass is 10.1. The molecule has 0 aliphatic heterocycles. The summed E-state index contributed by atoms with van der Waals surface area (Å²) in [7, 11) is 0. The van der Waals surface area contributed by atoms with E-state index in [1.165, 1.54) is 0 Å². The highest BCUT2D eigenvalue weighted by atomic mass is 32.2. The number of rotatable bonds is 6. The van der Waals surface area contributed by atoms with Crippen LogP contribution in [0.15, 0.2) is 30.5 Å². The van der Waals surface area contributed by atoms with Crippen molar-refractivity contribution in [1.29, 1.82) is 0 Å². The fraction of sp³-hybridized carbons (Fsp3) is 0.357. The molecule has 2 aromatic rings. The first kappa shape index (κ1) is 13.0. The van der Waals surface area contributed by atoms with Crippen molar-refractivity contribution in [2.24, 2.45) is 0 Å². The van der Waals surface area contributed by atoms with Crippen LogP contribution >= 0.6 is 11.8 Å². The maximum Gasteiger partial charge on any atom is 0.307 e. The van der Waals surface area contributed by atoms with E-state index in [-0.39, 0.29) is 6.42 Å². The SMILES string of the molecule is CSCCCn1cc(CC(=O)O)c2ccccc21. The summed E-state index contributed by atoms with van der Waals surface area (Å²) in [6, 6.07) is 8.01. The zero-order valence-corrected chi connectivity index (χ0v) is 11.2. The molecule has 3 nitrogen and oxygen atoms in total. The monoisotopic (exact) mass is 263 g/mol. The Morgan fingerprint density at radius 2 is 2.17 bits per heavy atom. The molecule has 0 radical (unpaired) electrons. The molecule has 0 aliphatic rings. The summed E-state index contributed by atoms with van der Waals surface area (Å²) in [4.78, 5) is 10.9. The average molecular weight is 263 g/mol. The van der Waals surface area contributed by atoms with Gasteiger partial charge in [0, 0.05) is 23.6 Å². The summed E-state index contributed by atoms with van der Waals surface area (Å²) < 4.78 is 2.17. The molecule has 1 N–H and O–H groups in total. The first-order valence-corrected chi connectivity index (χ1v) is 7.39. The first-order valence-electron chi connectivity index (χ1n) is 6.00. The number of carbonyl (C=O) groups is 1. The first-order chi connectivity index (χ1) is 8.72. The van der Waals surface area contributed by atoms with E-state index >= 15 is 0 Å². The van der Waals surface area contributed by atoms with Gasteiger partial charge < -0.3 is 9.67 Å². The van der Waals surface area contributed by atoms with Crippen LogP contribution in [0.5, 0.6) is 0 Å². The molecule has 0 aliphatic carbocycles. The van der Waals surface area contributed by atoms with Crippen molar-refractivity contribution in [1.82, 2.24) is 4.57 Å². The number of aromatic nitrogens is 1. The van der Waals surface area contributed by atoms with Gasteiger partial charge in [-0.3, -0.25) is 4.79 Å². The quantitative estimate of drug-likeness (QED) is 0.815. The molecule has 0 fully saturated rings. The molecular weight excluding hydrogens is 246 g/mol. The molecular formula is C14H17NO2S. The zero-order valence-electron chi connectivity index (χ0n) is 10.4. The number of aliphatic carboxylic acids is 1. The van der Waals surface area contributed by atoms with E-state index in [9.17, 15) is 4.79 Å². The predicted octanol–water partition coefficient (Wildman–Crippen LogP) is 3.02. The molecule has 18 heavy (non-hydrogen) atoms. The van der Waals surface area contributed by atoms with Crippen LogP contribution in [-0.4, -0.2) is 27.7 Å². The third-order valence-corrected chi connectivity index (χ3v) is 3.66. The number of benzene rings is 1. The molecule has 0 saturated heterocycles. The molecule has 0 bridgehead atoms. The Hall–Kier alpha value is -1.42. The Bertz CT molecular complexity index is 548. The molecule has 96 valence electrons. The van der Waals surface area contributed by atoms with Crippen LogP contribution in [0.4, 0.5) is 0 Å². The van der Waals surface area contributed by atoms with E-state index < -0.39 is 5.97 Å². The highest BCUT2D eigenvalue weighted by Crippen LogP contribution is 2.22. The molecule has 0 saturated carbocycles. The van der Waals surface area contributed by atoms with Crippen molar-refractivity contribution >= 4 is 28.6 Å². The van der Waals surface area contributed by atoms with Crippen LogP contribution in [0.3, 0.4) is 0 Å². The zero-order chi connectivity index (χ0) is 13.0. The van der Waals surface area contributed by atoms with Gasteiger partial charge in [0.2, 0.25) is 0 Å². The van der Waals surface area contributed by atoms with Gasteiger partial charge in [-0.15, -0.1) is 0 Å². The standard InChI is InChI=1S/C14H17NO2S/c1-18-8-4-7-15-10-11(9-14(16)17)12-5-2-3-6-13(12)15/h2-3,5-6,10H,4,7-9H2,1H3,(H,16,17). The van der Waals surface area contributed by atoms with Crippen LogP contribution in [0.25, 0.3) is 10.9 Å².